The van der Waals surface area contributed by atoms with Crippen molar-refractivity contribution in [3.8, 4) is 0 Å². The molecule has 0 bridgehead atoms. The molecule has 2 aromatic rings. The number of amidine groups is 1. The smallest absolute Gasteiger partial charge is 0.298 e. The van der Waals surface area contributed by atoms with Crippen LogP contribution in [0.25, 0.3) is 0 Å². The molecule has 0 amide bonds. The van der Waals surface area contributed by atoms with Gasteiger partial charge in [0.05, 0.1) is 12.2 Å². The molecule has 22 heavy (non-hydrogen) atoms. The van der Waals surface area contributed by atoms with Crippen molar-refractivity contribution < 1.29 is 4.74 Å². The Hall–Kier alpha value is -1.53. The zero-order valence-electron chi connectivity index (χ0n) is 11.7. The summed E-state index contributed by atoms with van der Waals surface area (Å²) >= 11 is 8.10. The summed E-state index contributed by atoms with van der Waals surface area (Å²) < 4.78 is 7.77. The Labute approximate surface area is 148 Å². The summed E-state index contributed by atoms with van der Waals surface area (Å²) in [6, 6.07) is 18.3. The lowest BCUT2D eigenvalue weighted by molar-refractivity contribution is 0.415. The predicted octanol–water partition coefficient (Wildman–Crippen LogP) is 5.14. The van der Waals surface area contributed by atoms with Crippen LogP contribution in [0.5, 0.6) is 0 Å². The van der Waals surface area contributed by atoms with Crippen molar-refractivity contribution in [1.29, 1.82) is 0 Å². The second-order valence-electron chi connectivity index (χ2n) is 4.89. The first kappa shape index (κ1) is 15.4. The molecular weight excluding hydrogens is 411 g/mol. The van der Waals surface area contributed by atoms with Crippen molar-refractivity contribution in [2.24, 2.45) is 4.99 Å². The maximum atomic E-state index is 5.91. The average molecular weight is 425 g/mol. The van der Waals surface area contributed by atoms with Crippen LogP contribution in [0, 0.1) is 0 Å². The second kappa shape index (κ2) is 7.15. The van der Waals surface area contributed by atoms with E-state index in [0.717, 1.165) is 24.5 Å². The highest BCUT2D eigenvalue weighted by molar-refractivity contribution is 14.1. The standard InChI is InChI=1S/C17H14ClIN2O/c18-14-6-8-15(9-7-14)20-17-21(12-16(10-19)22-17)11-13-4-2-1-3-5-13/h1-10H,11-12H2/b16-10+,20-17?. The number of hydrogen-bond donors (Lipinski definition) is 0. The SMILES string of the molecule is Clc1ccc(N=C2O/C(=C/I)CN2Cc2ccccc2)cc1. The fraction of sp³-hybridized carbons (Fsp3) is 0.118. The largest absolute Gasteiger partial charge is 0.428 e. The van der Waals surface area contributed by atoms with Crippen LogP contribution >= 0.6 is 34.2 Å². The zero-order chi connectivity index (χ0) is 15.4. The van der Waals surface area contributed by atoms with Gasteiger partial charge in [-0.1, -0.05) is 41.9 Å². The number of rotatable bonds is 3. The van der Waals surface area contributed by atoms with Crippen molar-refractivity contribution in [3.63, 3.8) is 0 Å². The molecule has 0 radical (unpaired) electrons. The molecule has 1 fully saturated rings. The molecule has 0 aromatic heterocycles. The third-order valence-electron chi connectivity index (χ3n) is 3.23. The minimum Gasteiger partial charge on any atom is -0.428 e. The summed E-state index contributed by atoms with van der Waals surface area (Å²) in [6.45, 7) is 1.49. The predicted molar refractivity (Wildman–Crippen MR) is 98.6 cm³/mol. The van der Waals surface area contributed by atoms with E-state index in [1.165, 1.54) is 5.56 Å². The summed E-state index contributed by atoms with van der Waals surface area (Å²) in [4.78, 5) is 6.71. The Balaban J connectivity index is 1.84. The van der Waals surface area contributed by atoms with Gasteiger partial charge >= 0.3 is 0 Å². The lowest BCUT2D eigenvalue weighted by Crippen LogP contribution is -2.24. The Bertz CT molecular complexity index is 698. The van der Waals surface area contributed by atoms with Crippen molar-refractivity contribution in [2.45, 2.75) is 6.54 Å². The number of ether oxygens (including phenoxy) is 1. The van der Waals surface area contributed by atoms with Crippen LogP contribution in [0.4, 0.5) is 5.69 Å². The van der Waals surface area contributed by atoms with Crippen LogP contribution in [0.1, 0.15) is 5.56 Å². The topological polar surface area (TPSA) is 24.8 Å². The first-order valence-corrected chi connectivity index (χ1v) is 8.47. The van der Waals surface area contributed by atoms with Crippen LogP contribution in [0.15, 0.2) is 69.4 Å². The number of benzene rings is 2. The number of halogens is 2. The summed E-state index contributed by atoms with van der Waals surface area (Å²) in [5, 5.41) is 0.699. The normalized spacial score (nSPS) is 18.0. The highest BCUT2D eigenvalue weighted by atomic mass is 127. The first-order valence-electron chi connectivity index (χ1n) is 6.85. The number of aliphatic imine (C=N–C) groups is 1. The molecule has 112 valence electrons. The van der Waals surface area contributed by atoms with Crippen molar-refractivity contribution in [2.75, 3.05) is 6.54 Å². The van der Waals surface area contributed by atoms with Gasteiger partial charge < -0.3 is 9.64 Å². The maximum absolute atomic E-state index is 5.91. The Morgan fingerprint density at radius 2 is 1.86 bits per heavy atom. The summed E-state index contributed by atoms with van der Waals surface area (Å²) in [5.74, 6) is 0.907. The average Bonchev–Trinajstić information content (AvgIpc) is 2.92. The molecule has 1 heterocycles. The van der Waals surface area contributed by atoms with Crippen LogP contribution in [-0.4, -0.2) is 17.5 Å². The minimum absolute atomic E-state index is 0.620. The van der Waals surface area contributed by atoms with E-state index in [1.54, 1.807) is 0 Å². The Kier molecular flexibility index (Phi) is 5.00. The molecule has 3 rings (SSSR count). The van der Waals surface area contributed by atoms with Gasteiger partial charge in [-0.15, -0.1) is 0 Å². The van der Waals surface area contributed by atoms with Crippen molar-refractivity contribution in [3.05, 3.63) is 75.0 Å². The molecular formula is C17H14ClIN2O. The van der Waals surface area contributed by atoms with E-state index in [1.807, 2.05) is 46.5 Å². The van der Waals surface area contributed by atoms with E-state index >= 15 is 0 Å². The molecule has 1 saturated heterocycles. The highest BCUT2D eigenvalue weighted by Crippen LogP contribution is 2.23. The van der Waals surface area contributed by atoms with Gasteiger partial charge in [0.2, 0.25) is 0 Å². The summed E-state index contributed by atoms with van der Waals surface area (Å²) in [7, 11) is 0. The number of nitrogens with zero attached hydrogens (tertiary/aromatic N) is 2. The van der Waals surface area contributed by atoms with E-state index in [2.05, 4.69) is 44.6 Å². The molecule has 3 nitrogen and oxygen atoms in total. The van der Waals surface area contributed by atoms with Gasteiger partial charge in [-0.05, 0) is 52.4 Å². The zero-order valence-corrected chi connectivity index (χ0v) is 14.7. The third kappa shape index (κ3) is 3.81. The lowest BCUT2D eigenvalue weighted by Gasteiger charge is -2.15. The quantitative estimate of drug-likeness (QED) is 0.638. The Morgan fingerprint density at radius 3 is 2.55 bits per heavy atom. The third-order valence-corrected chi connectivity index (χ3v) is 4.18. The summed E-state index contributed by atoms with van der Waals surface area (Å²) in [6.07, 6.45) is 0. The summed E-state index contributed by atoms with van der Waals surface area (Å²) in [5.41, 5.74) is 2.05. The minimum atomic E-state index is 0.620. The van der Waals surface area contributed by atoms with Crippen molar-refractivity contribution >= 4 is 45.9 Å². The second-order valence-corrected chi connectivity index (χ2v) is 5.95. The van der Waals surface area contributed by atoms with Crippen LogP contribution in [-0.2, 0) is 11.3 Å². The van der Waals surface area contributed by atoms with Gasteiger partial charge in [0, 0.05) is 15.7 Å². The fourth-order valence-corrected chi connectivity index (χ4v) is 2.62. The maximum Gasteiger partial charge on any atom is 0.298 e. The van der Waals surface area contributed by atoms with Gasteiger partial charge in [-0.2, -0.15) is 4.99 Å². The van der Waals surface area contributed by atoms with E-state index < -0.39 is 0 Å². The van der Waals surface area contributed by atoms with Gasteiger partial charge in [-0.25, -0.2) is 0 Å². The molecule has 0 atom stereocenters. The Morgan fingerprint density at radius 1 is 1.14 bits per heavy atom. The molecule has 0 spiro atoms. The van der Waals surface area contributed by atoms with Crippen molar-refractivity contribution in [1.82, 2.24) is 4.90 Å². The van der Waals surface area contributed by atoms with Crippen LogP contribution in [0.2, 0.25) is 5.02 Å². The van der Waals surface area contributed by atoms with E-state index in [4.69, 9.17) is 16.3 Å². The van der Waals surface area contributed by atoms with E-state index in [9.17, 15) is 0 Å². The highest BCUT2D eigenvalue weighted by Gasteiger charge is 2.25. The van der Waals surface area contributed by atoms with Crippen LogP contribution in [0.3, 0.4) is 0 Å². The van der Waals surface area contributed by atoms with Gasteiger partial charge in [0.1, 0.15) is 5.76 Å². The van der Waals surface area contributed by atoms with Gasteiger partial charge in [-0.3, -0.25) is 0 Å². The monoisotopic (exact) mass is 424 g/mol. The van der Waals surface area contributed by atoms with Gasteiger partial charge in [0.15, 0.2) is 0 Å². The van der Waals surface area contributed by atoms with Gasteiger partial charge in [0.25, 0.3) is 6.02 Å². The molecule has 0 aliphatic carbocycles. The fourth-order valence-electron chi connectivity index (χ4n) is 2.17. The van der Waals surface area contributed by atoms with E-state index in [-0.39, 0.29) is 0 Å². The molecule has 0 unspecified atom stereocenters. The molecule has 1 aliphatic heterocycles. The van der Waals surface area contributed by atoms with Crippen LogP contribution < -0.4 is 0 Å². The molecule has 1 aliphatic rings. The first-order chi connectivity index (χ1) is 10.7. The molecule has 0 saturated carbocycles. The lowest BCUT2D eigenvalue weighted by atomic mass is 10.2. The number of hydrogen-bond acceptors (Lipinski definition) is 2. The molecule has 2 aromatic carbocycles. The molecule has 0 N–H and O–H groups in total. The molecule has 5 heteroatoms. The van der Waals surface area contributed by atoms with E-state index in [0.29, 0.717) is 11.0 Å².